The van der Waals surface area contributed by atoms with Crippen LogP contribution in [0.25, 0.3) is 5.57 Å². The summed E-state index contributed by atoms with van der Waals surface area (Å²) in [5, 5.41) is 0. The number of likely N-dealkylation sites (tertiary alicyclic amines) is 1. The zero-order valence-electron chi connectivity index (χ0n) is 15.8. The summed E-state index contributed by atoms with van der Waals surface area (Å²) >= 11 is 0. The maximum absolute atomic E-state index is 12.4. The van der Waals surface area contributed by atoms with Crippen molar-refractivity contribution in [1.29, 1.82) is 0 Å². The predicted octanol–water partition coefficient (Wildman–Crippen LogP) is 3.53. The van der Waals surface area contributed by atoms with Gasteiger partial charge in [-0.2, -0.15) is 0 Å². The maximum Gasteiger partial charge on any atom is 0.222 e. The van der Waals surface area contributed by atoms with Gasteiger partial charge in [-0.25, -0.2) is 0 Å². The van der Waals surface area contributed by atoms with Crippen molar-refractivity contribution >= 4 is 11.5 Å². The first-order valence-electron chi connectivity index (χ1n) is 9.74. The Morgan fingerprint density at radius 1 is 1.20 bits per heavy atom. The number of nitrogens with zero attached hydrogens (tertiary/aromatic N) is 3. The molecule has 0 bridgehead atoms. The van der Waals surface area contributed by atoms with E-state index in [0.29, 0.717) is 12.3 Å². The molecule has 1 fully saturated rings. The minimum atomic E-state index is 0.326. The zero-order valence-corrected chi connectivity index (χ0v) is 15.8. The summed E-state index contributed by atoms with van der Waals surface area (Å²) in [5.41, 5.74) is 5.38. The first kappa shape index (κ1) is 18.1. The molecule has 1 aromatic rings. The van der Waals surface area contributed by atoms with Gasteiger partial charge in [0.1, 0.15) is 0 Å². The fourth-order valence-electron chi connectivity index (χ4n) is 4.08. The average Bonchev–Trinajstić information content (AvgIpc) is 2.63. The fourth-order valence-corrected chi connectivity index (χ4v) is 4.08. The Hall–Kier alpha value is -1.68. The third-order valence-corrected chi connectivity index (χ3v) is 5.49. The van der Waals surface area contributed by atoms with E-state index in [1.54, 1.807) is 0 Å². The molecular weight excluding hydrogens is 310 g/mol. The van der Waals surface area contributed by atoms with E-state index in [0.717, 1.165) is 64.0 Å². The topological polar surface area (TPSA) is 36.4 Å². The minimum absolute atomic E-state index is 0.326. The summed E-state index contributed by atoms with van der Waals surface area (Å²) in [6, 6.07) is 4.25. The van der Waals surface area contributed by atoms with Crippen LogP contribution in [0.2, 0.25) is 0 Å². The van der Waals surface area contributed by atoms with Crippen LogP contribution in [-0.2, 0) is 11.2 Å². The van der Waals surface area contributed by atoms with Gasteiger partial charge in [-0.1, -0.05) is 11.6 Å². The smallest absolute Gasteiger partial charge is 0.222 e. The van der Waals surface area contributed by atoms with E-state index in [9.17, 15) is 4.79 Å². The van der Waals surface area contributed by atoms with Crippen LogP contribution in [-0.4, -0.2) is 53.9 Å². The second kappa shape index (κ2) is 8.61. The molecule has 2 aliphatic heterocycles. The number of aromatic nitrogens is 1. The highest BCUT2D eigenvalue weighted by atomic mass is 16.2. The zero-order chi connectivity index (χ0) is 17.6. The molecule has 1 aromatic heterocycles. The van der Waals surface area contributed by atoms with Crippen LogP contribution >= 0.6 is 0 Å². The highest BCUT2D eigenvalue weighted by Crippen LogP contribution is 2.29. The number of hydrogen-bond acceptors (Lipinski definition) is 3. The van der Waals surface area contributed by atoms with Crippen LogP contribution in [0.1, 0.15) is 56.7 Å². The molecule has 4 heteroatoms. The highest BCUT2D eigenvalue weighted by Gasteiger charge is 2.19. The van der Waals surface area contributed by atoms with Crippen LogP contribution in [0.15, 0.2) is 23.9 Å². The number of aryl methyl sites for hydroxylation is 1. The Labute approximate surface area is 151 Å². The van der Waals surface area contributed by atoms with Gasteiger partial charge in [-0.15, -0.1) is 0 Å². The Kier molecular flexibility index (Phi) is 6.24. The molecule has 4 nitrogen and oxygen atoms in total. The van der Waals surface area contributed by atoms with E-state index < -0.39 is 0 Å². The molecule has 0 aliphatic carbocycles. The second-order valence-electron chi connectivity index (χ2n) is 7.54. The summed E-state index contributed by atoms with van der Waals surface area (Å²) in [6.07, 6.45) is 9.01. The number of hydrogen-bond donors (Lipinski definition) is 0. The quantitative estimate of drug-likeness (QED) is 0.822. The summed E-state index contributed by atoms with van der Waals surface area (Å²) < 4.78 is 0. The molecule has 3 heterocycles. The van der Waals surface area contributed by atoms with Gasteiger partial charge in [0, 0.05) is 44.5 Å². The first-order valence-corrected chi connectivity index (χ1v) is 9.74. The third kappa shape index (κ3) is 4.69. The molecule has 3 rings (SSSR count). The highest BCUT2D eigenvalue weighted by molar-refractivity contribution is 5.76. The lowest BCUT2D eigenvalue weighted by Crippen LogP contribution is -2.35. The van der Waals surface area contributed by atoms with Gasteiger partial charge in [0.25, 0.3) is 0 Å². The Balaban J connectivity index is 1.61. The van der Waals surface area contributed by atoms with Gasteiger partial charge in [-0.05, 0) is 69.7 Å². The van der Waals surface area contributed by atoms with Gasteiger partial charge in [0.2, 0.25) is 5.91 Å². The van der Waals surface area contributed by atoms with Crippen molar-refractivity contribution in [2.24, 2.45) is 0 Å². The third-order valence-electron chi connectivity index (χ3n) is 5.49. The summed E-state index contributed by atoms with van der Waals surface area (Å²) in [5.74, 6) is 0.326. The maximum atomic E-state index is 12.4. The predicted molar refractivity (Wildman–Crippen MR) is 102 cm³/mol. The molecule has 0 saturated carbocycles. The molecule has 0 spiro atoms. The molecule has 0 aromatic carbocycles. The van der Waals surface area contributed by atoms with Gasteiger partial charge in [0.15, 0.2) is 0 Å². The number of pyridine rings is 1. The van der Waals surface area contributed by atoms with E-state index in [4.69, 9.17) is 0 Å². The average molecular weight is 341 g/mol. The molecule has 25 heavy (non-hydrogen) atoms. The number of carbonyl (C=O) groups is 1. The lowest BCUT2D eigenvalue weighted by molar-refractivity contribution is -0.132. The molecule has 1 saturated heterocycles. The fraction of sp³-hybridized carbons (Fsp3) is 0.619. The lowest BCUT2D eigenvalue weighted by Gasteiger charge is -2.27. The Morgan fingerprint density at radius 2 is 2.00 bits per heavy atom. The monoisotopic (exact) mass is 341 g/mol. The van der Waals surface area contributed by atoms with Crippen LogP contribution < -0.4 is 0 Å². The first-order chi connectivity index (χ1) is 12.1. The van der Waals surface area contributed by atoms with Crippen molar-refractivity contribution in [3.05, 3.63) is 35.2 Å². The molecule has 0 radical (unpaired) electrons. The second-order valence-corrected chi connectivity index (χ2v) is 7.54. The molecular formula is C21H31N3O. The van der Waals surface area contributed by atoms with Gasteiger partial charge < -0.3 is 9.80 Å². The van der Waals surface area contributed by atoms with Crippen molar-refractivity contribution in [3.63, 3.8) is 0 Å². The van der Waals surface area contributed by atoms with E-state index in [2.05, 4.69) is 29.9 Å². The number of rotatable bonds is 5. The molecule has 1 amide bonds. The molecule has 2 aliphatic rings. The van der Waals surface area contributed by atoms with Crippen LogP contribution in [0.5, 0.6) is 0 Å². The van der Waals surface area contributed by atoms with Crippen molar-refractivity contribution in [2.45, 2.75) is 51.9 Å². The Morgan fingerprint density at radius 3 is 2.76 bits per heavy atom. The number of amides is 1. The SMILES string of the molecule is CC1=C(c2cccnc2CCCC(=O)N2CCCCC2)CCN(C)C1. The summed E-state index contributed by atoms with van der Waals surface area (Å²) in [4.78, 5) is 21.4. The molecule has 136 valence electrons. The van der Waals surface area contributed by atoms with Gasteiger partial charge >= 0.3 is 0 Å². The normalized spacial score (nSPS) is 19.4. The summed E-state index contributed by atoms with van der Waals surface area (Å²) in [6.45, 7) is 6.29. The van der Waals surface area contributed by atoms with Crippen molar-refractivity contribution in [3.8, 4) is 0 Å². The van der Waals surface area contributed by atoms with Crippen molar-refractivity contribution in [2.75, 3.05) is 33.2 Å². The van der Waals surface area contributed by atoms with Crippen molar-refractivity contribution < 1.29 is 4.79 Å². The van der Waals surface area contributed by atoms with E-state index >= 15 is 0 Å². The van der Waals surface area contributed by atoms with Gasteiger partial charge in [-0.3, -0.25) is 9.78 Å². The van der Waals surface area contributed by atoms with Crippen LogP contribution in [0.4, 0.5) is 0 Å². The lowest BCUT2D eigenvalue weighted by atomic mass is 9.92. The minimum Gasteiger partial charge on any atom is -0.343 e. The summed E-state index contributed by atoms with van der Waals surface area (Å²) in [7, 11) is 2.18. The Bertz CT molecular complexity index is 632. The van der Waals surface area contributed by atoms with E-state index in [-0.39, 0.29) is 0 Å². The van der Waals surface area contributed by atoms with Gasteiger partial charge in [0.05, 0.1) is 0 Å². The van der Waals surface area contributed by atoms with Crippen LogP contribution in [0.3, 0.4) is 0 Å². The van der Waals surface area contributed by atoms with Crippen LogP contribution in [0, 0.1) is 0 Å². The largest absolute Gasteiger partial charge is 0.343 e. The molecule has 0 unspecified atom stereocenters. The van der Waals surface area contributed by atoms with E-state index in [1.165, 1.54) is 23.1 Å². The molecule has 0 N–H and O–H groups in total. The standard InChI is InChI=1S/C21H31N3O/c1-17-16-23(2)15-11-18(17)19-8-7-12-22-20(19)9-6-10-21(25)24-13-4-3-5-14-24/h7-8,12H,3-6,9-11,13-16H2,1-2H3. The number of likely N-dealkylation sites (N-methyl/N-ethyl adjacent to an activating group) is 1. The molecule has 0 atom stereocenters. The van der Waals surface area contributed by atoms with E-state index in [1.807, 2.05) is 17.2 Å². The number of piperidine rings is 1. The number of carbonyl (C=O) groups excluding carboxylic acids is 1. The van der Waals surface area contributed by atoms with Crippen molar-refractivity contribution in [1.82, 2.24) is 14.8 Å².